The van der Waals surface area contributed by atoms with Crippen molar-refractivity contribution in [1.29, 1.82) is 0 Å². The maximum atomic E-state index is 4.77. The zero-order valence-corrected chi connectivity index (χ0v) is 11.7. The van der Waals surface area contributed by atoms with Crippen LogP contribution < -0.4 is 5.32 Å². The number of thiazole rings is 1. The minimum absolute atomic E-state index is 0.600. The highest BCUT2D eigenvalue weighted by atomic mass is 79.9. The van der Waals surface area contributed by atoms with E-state index in [4.69, 9.17) is 4.98 Å². The summed E-state index contributed by atoms with van der Waals surface area (Å²) in [6.07, 6.45) is 1.21. The largest absolute Gasteiger partial charge is 0.316 e. The van der Waals surface area contributed by atoms with E-state index >= 15 is 0 Å². The van der Waals surface area contributed by atoms with Crippen LogP contribution >= 0.6 is 27.3 Å². The lowest BCUT2D eigenvalue weighted by Gasteiger charge is -2.03. The van der Waals surface area contributed by atoms with E-state index in [0.29, 0.717) is 5.92 Å². The van der Waals surface area contributed by atoms with Gasteiger partial charge in [0, 0.05) is 27.9 Å². The van der Waals surface area contributed by atoms with Gasteiger partial charge in [0.15, 0.2) is 0 Å². The van der Waals surface area contributed by atoms with Crippen LogP contribution in [0.4, 0.5) is 0 Å². The van der Waals surface area contributed by atoms with Crippen molar-refractivity contribution in [3.05, 3.63) is 39.8 Å². The molecule has 1 saturated heterocycles. The quantitative estimate of drug-likeness (QED) is 0.916. The summed E-state index contributed by atoms with van der Waals surface area (Å²) in [7, 11) is 0. The molecule has 1 aromatic carbocycles. The molecule has 0 spiro atoms. The Balaban J connectivity index is 1.92. The molecule has 1 unspecified atom stereocenters. The lowest BCUT2D eigenvalue weighted by Crippen LogP contribution is -2.08. The monoisotopic (exact) mass is 308 g/mol. The predicted molar refractivity (Wildman–Crippen MR) is 75.5 cm³/mol. The van der Waals surface area contributed by atoms with Gasteiger partial charge in [0.1, 0.15) is 5.01 Å². The van der Waals surface area contributed by atoms with E-state index in [1.165, 1.54) is 17.7 Å². The Morgan fingerprint density at radius 3 is 3.00 bits per heavy atom. The van der Waals surface area contributed by atoms with Crippen molar-refractivity contribution < 1.29 is 0 Å². The molecule has 0 radical (unpaired) electrons. The van der Waals surface area contributed by atoms with Crippen molar-refractivity contribution >= 4 is 27.3 Å². The molecule has 88 valence electrons. The van der Waals surface area contributed by atoms with Gasteiger partial charge in [0.2, 0.25) is 0 Å². The third-order valence-corrected chi connectivity index (χ3v) is 4.69. The zero-order chi connectivity index (χ0) is 11.7. The van der Waals surface area contributed by atoms with Gasteiger partial charge in [0.25, 0.3) is 0 Å². The molecule has 0 aliphatic carbocycles. The molecule has 2 nitrogen and oxygen atoms in total. The third-order valence-electron chi connectivity index (χ3n) is 3.10. The maximum Gasteiger partial charge on any atom is 0.124 e. The summed E-state index contributed by atoms with van der Waals surface area (Å²) in [6.45, 7) is 2.19. The number of hydrogen-bond donors (Lipinski definition) is 1. The molecule has 2 aromatic rings. The van der Waals surface area contributed by atoms with Crippen LogP contribution in [-0.2, 0) is 0 Å². The summed E-state index contributed by atoms with van der Waals surface area (Å²) in [5, 5.41) is 6.70. The van der Waals surface area contributed by atoms with Gasteiger partial charge in [-0.1, -0.05) is 34.1 Å². The van der Waals surface area contributed by atoms with E-state index in [2.05, 4.69) is 44.8 Å². The van der Waals surface area contributed by atoms with Gasteiger partial charge in [-0.25, -0.2) is 4.98 Å². The average molecular weight is 309 g/mol. The number of nitrogens with zero attached hydrogens (tertiary/aromatic N) is 1. The van der Waals surface area contributed by atoms with Gasteiger partial charge in [-0.15, -0.1) is 11.3 Å². The highest BCUT2D eigenvalue weighted by Gasteiger charge is 2.19. The molecule has 1 aromatic heterocycles. The topological polar surface area (TPSA) is 24.9 Å². The number of halogens is 1. The standard InChI is InChI=1S/C13H13BrN2S/c14-11-4-2-1-3-10(11)13-16-12(8-17-13)9-5-6-15-7-9/h1-4,8-9,15H,5-7H2. The Kier molecular flexibility index (Phi) is 3.27. The van der Waals surface area contributed by atoms with Crippen LogP contribution in [-0.4, -0.2) is 18.1 Å². The molecule has 1 fully saturated rings. The molecule has 1 aliphatic rings. The normalized spacial score (nSPS) is 19.7. The van der Waals surface area contributed by atoms with E-state index in [0.717, 1.165) is 22.6 Å². The molecule has 0 amide bonds. The first-order valence-electron chi connectivity index (χ1n) is 5.75. The number of hydrogen-bond acceptors (Lipinski definition) is 3. The molecule has 0 bridgehead atoms. The van der Waals surface area contributed by atoms with Crippen molar-refractivity contribution in [3.8, 4) is 10.6 Å². The van der Waals surface area contributed by atoms with Crippen LogP contribution in [0, 0.1) is 0 Å². The maximum absolute atomic E-state index is 4.77. The predicted octanol–water partition coefficient (Wildman–Crippen LogP) is 3.65. The summed E-state index contributed by atoms with van der Waals surface area (Å²) in [5.41, 5.74) is 2.43. The molecule has 17 heavy (non-hydrogen) atoms. The molecule has 3 rings (SSSR count). The summed E-state index contributed by atoms with van der Waals surface area (Å²) < 4.78 is 1.12. The minimum Gasteiger partial charge on any atom is -0.316 e. The van der Waals surface area contributed by atoms with Crippen LogP contribution in [0.2, 0.25) is 0 Å². The van der Waals surface area contributed by atoms with Crippen molar-refractivity contribution in [1.82, 2.24) is 10.3 Å². The van der Waals surface area contributed by atoms with E-state index in [-0.39, 0.29) is 0 Å². The Bertz CT molecular complexity index is 518. The van der Waals surface area contributed by atoms with Gasteiger partial charge in [-0.05, 0) is 19.0 Å². The van der Waals surface area contributed by atoms with Gasteiger partial charge in [-0.3, -0.25) is 0 Å². The number of nitrogens with one attached hydrogen (secondary N) is 1. The molecule has 1 aliphatic heterocycles. The SMILES string of the molecule is Brc1ccccc1-c1nc(C2CCNC2)cs1. The number of aromatic nitrogens is 1. The fourth-order valence-electron chi connectivity index (χ4n) is 2.14. The second-order valence-corrected chi connectivity index (χ2v) is 5.96. The first-order chi connectivity index (χ1) is 8.34. The van der Waals surface area contributed by atoms with Crippen LogP contribution in [0.25, 0.3) is 10.6 Å². The molecule has 4 heteroatoms. The second-order valence-electron chi connectivity index (χ2n) is 4.25. The van der Waals surface area contributed by atoms with Gasteiger partial charge >= 0.3 is 0 Å². The lowest BCUT2D eigenvalue weighted by atomic mass is 10.1. The van der Waals surface area contributed by atoms with E-state index in [9.17, 15) is 0 Å². The smallest absolute Gasteiger partial charge is 0.124 e. The second kappa shape index (κ2) is 4.88. The van der Waals surface area contributed by atoms with Crippen molar-refractivity contribution in [2.45, 2.75) is 12.3 Å². The summed E-state index contributed by atoms with van der Waals surface area (Å²) in [5.74, 6) is 0.600. The Hall–Kier alpha value is -0.710. The van der Waals surface area contributed by atoms with Gasteiger partial charge < -0.3 is 5.32 Å². The molecule has 2 heterocycles. The fourth-order valence-corrected chi connectivity index (χ4v) is 3.68. The average Bonchev–Trinajstić information content (AvgIpc) is 3.00. The van der Waals surface area contributed by atoms with Crippen molar-refractivity contribution in [3.63, 3.8) is 0 Å². The van der Waals surface area contributed by atoms with Crippen molar-refractivity contribution in [2.24, 2.45) is 0 Å². The number of rotatable bonds is 2. The van der Waals surface area contributed by atoms with Gasteiger partial charge in [0.05, 0.1) is 5.69 Å². The van der Waals surface area contributed by atoms with Crippen LogP contribution in [0.1, 0.15) is 18.0 Å². The van der Waals surface area contributed by atoms with Crippen molar-refractivity contribution in [2.75, 3.05) is 13.1 Å². The summed E-state index contributed by atoms with van der Waals surface area (Å²) in [4.78, 5) is 4.77. The highest BCUT2D eigenvalue weighted by molar-refractivity contribution is 9.10. The molecule has 1 atom stereocenters. The molecule has 1 N–H and O–H groups in total. The first-order valence-corrected chi connectivity index (χ1v) is 7.43. The third kappa shape index (κ3) is 2.30. The van der Waals surface area contributed by atoms with E-state index in [1.54, 1.807) is 11.3 Å². The minimum atomic E-state index is 0.600. The Labute approximate surface area is 113 Å². The lowest BCUT2D eigenvalue weighted by molar-refractivity contribution is 0.742. The zero-order valence-electron chi connectivity index (χ0n) is 9.32. The van der Waals surface area contributed by atoms with E-state index in [1.807, 2.05) is 6.07 Å². The van der Waals surface area contributed by atoms with Crippen LogP contribution in [0.15, 0.2) is 34.1 Å². The van der Waals surface area contributed by atoms with Gasteiger partial charge in [-0.2, -0.15) is 0 Å². The summed E-state index contributed by atoms with van der Waals surface area (Å²) >= 11 is 5.31. The molecular weight excluding hydrogens is 296 g/mol. The Morgan fingerprint density at radius 2 is 2.24 bits per heavy atom. The fraction of sp³-hybridized carbons (Fsp3) is 0.308. The van der Waals surface area contributed by atoms with Crippen LogP contribution in [0.5, 0.6) is 0 Å². The van der Waals surface area contributed by atoms with E-state index < -0.39 is 0 Å². The Morgan fingerprint density at radius 1 is 1.35 bits per heavy atom. The summed E-state index contributed by atoms with van der Waals surface area (Å²) in [6, 6.07) is 8.26. The highest BCUT2D eigenvalue weighted by Crippen LogP contribution is 2.33. The first kappa shape index (κ1) is 11.4. The molecular formula is C13H13BrN2S. The molecule has 0 saturated carbocycles. The number of benzene rings is 1. The van der Waals surface area contributed by atoms with Crippen LogP contribution in [0.3, 0.4) is 0 Å².